The summed E-state index contributed by atoms with van der Waals surface area (Å²) in [7, 11) is 1.54. The number of aromatic nitrogens is 2. The summed E-state index contributed by atoms with van der Waals surface area (Å²) >= 11 is 0. The number of piperidine rings is 1. The molecule has 0 bridgehead atoms. The maximum Gasteiger partial charge on any atom is 0.254 e. The van der Waals surface area contributed by atoms with Crippen molar-refractivity contribution in [2.75, 3.05) is 33.4 Å². The number of aliphatic hydroxyl groups is 1. The van der Waals surface area contributed by atoms with Gasteiger partial charge in [0.15, 0.2) is 11.5 Å². The molecule has 0 radical (unpaired) electrons. The Morgan fingerprint density at radius 3 is 3.00 bits per heavy atom. The summed E-state index contributed by atoms with van der Waals surface area (Å²) in [5.41, 5.74) is 0.551. The van der Waals surface area contributed by atoms with Crippen LogP contribution < -0.4 is 9.47 Å². The van der Waals surface area contributed by atoms with Gasteiger partial charge in [-0.2, -0.15) is 5.10 Å². The Bertz CT molecular complexity index is 702. The Morgan fingerprint density at radius 2 is 2.28 bits per heavy atom. The van der Waals surface area contributed by atoms with Crippen LogP contribution in [0.1, 0.15) is 29.2 Å². The van der Waals surface area contributed by atoms with Crippen molar-refractivity contribution in [3.63, 3.8) is 0 Å². The summed E-state index contributed by atoms with van der Waals surface area (Å²) < 4.78 is 12.6. The molecule has 25 heavy (non-hydrogen) atoms. The third-order valence-corrected chi connectivity index (χ3v) is 4.34. The van der Waals surface area contributed by atoms with Gasteiger partial charge in [0.1, 0.15) is 6.61 Å². The zero-order chi connectivity index (χ0) is 17.6. The highest BCUT2D eigenvalue weighted by Gasteiger charge is 2.26. The maximum absolute atomic E-state index is 12.9. The highest BCUT2D eigenvalue weighted by atomic mass is 16.5. The molecule has 0 spiro atoms. The lowest BCUT2D eigenvalue weighted by Crippen LogP contribution is -2.40. The first-order valence-corrected chi connectivity index (χ1v) is 8.43. The third-order valence-electron chi connectivity index (χ3n) is 4.34. The van der Waals surface area contributed by atoms with Crippen LogP contribution in [0.25, 0.3) is 0 Å². The van der Waals surface area contributed by atoms with E-state index in [4.69, 9.17) is 14.6 Å². The van der Waals surface area contributed by atoms with Gasteiger partial charge < -0.3 is 19.5 Å². The predicted molar refractivity (Wildman–Crippen MR) is 92.0 cm³/mol. The number of hydrogen-bond acceptors (Lipinski definition) is 5. The Hall–Kier alpha value is -2.54. The van der Waals surface area contributed by atoms with Crippen molar-refractivity contribution in [2.45, 2.75) is 18.9 Å². The van der Waals surface area contributed by atoms with E-state index in [1.807, 2.05) is 21.8 Å². The van der Waals surface area contributed by atoms with E-state index in [0.717, 1.165) is 19.4 Å². The molecule has 3 rings (SSSR count). The molecule has 7 nitrogen and oxygen atoms in total. The molecule has 2 heterocycles. The van der Waals surface area contributed by atoms with Crippen molar-refractivity contribution in [1.29, 1.82) is 0 Å². The molecule has 1 N–H and O–H groups in total. The van der Waals surface area contributed by atoms with Gasteiger partial charge in [-0.15, -0.1) is 0 Å². The minimum absolute atomic E-state index is 0.0339. The number of likely N-dealkylation sites (tertiary alicyclic amines) is 1. The number of methoxy groups -OCH3 is 1. The molecule has 1 aromatic carbocycles. The molecule has 134 valence electrons. The lowest BCUT2D eigenvalue weighted by atomic mass is 10.0. The van der Waals surface area contributed by atoms with Crippen molar-refractivity contribution in [3.05, 3.63) is 42.2 Å². The van der Waals surface area contributed by atoms with Crippen LogP contribution in [0.3, 0.4) is 0 Å². The van der Waals surface area contributed by atoms with Crippen molar-refractivity contribution in [3.8, 4) is 11.5 Å². The number of benzene rings is 1. The monoisotopic (exact) mass is 345 g/mol. The number of ether oxygens (including phenoxy) is 2. The number of aliphatic hydroxyl groups excluding tert-OH is 1. The van der Waals surface area contributed by atoms with Gasteiger partial charge in [0.25, 0.3) is 5.91 Å². The van der Waals surface area contributed by atoms with Gasteiger partial charge in [0, 0.05) is 31.0 Å². The van der Waals surface area contributed by atoms with Gasteiger partial charge in [-0.25, -0.2) is 0 Å². The summed E-state index contributed by atoms with van der Waals surface area (Å²) in [5, 5.41) is 13.2. The standard InChI is InChI=1S/C18H23N3O4/c1-24-16-6-5-14(12-17(16)25-11-10-22)18(23)20-8-2-4-15(13-20)21-9-3-7-19-21/h3,5-7,9,12,15,22H,2,4,8,10-11,13H2,1H3. The van der Waals surface area contributed by atoms with Crippen molar-refractivity contribution >= 4 is 5.91 Å². The average molecular weight is 345 g/mol. The second-order valence-electron chi connectivity index (χ2n) is 5.97. The minimum atomic E-state index is -0.0982. The van der Waals surface area contributed by atoms with Gasteiger partial charge in [0.05, 0.1) is 19.8 Å². The topological polar surface area (TPSA) is 76.8 Å². The number of amides is 1. The third kappa shape index (κ3) is 3.93. The van der Waals surface area contributed by atoms with E-state index in [-0.39, 0.29) is 25.2 Å². The van der Waals surface area contributed by atoms with E-state index in [9.17, 15) is 4.79 Å². The van der Waals surface area contributed by atoms with Crippen LogP contribution in [0.5, 0.6) is 11.5 Å². The normalized spacial score (nSPS) is 17.4. The van der Waals surface area contributed by atoms with Gasteiger partial charge in [0.2, 0.25) is 0 Å². The summed E-state index contributed by atoms with van der Waals surface area (Å²) in [6, 6.07) is 7.24. The number of nitrogens with zero attached hydrogens (tertiary/aromatic N) is 3. The zero-order valence-electron chi connectivity index (χ0n) is 14.3. The van der Waals surface area contributed by atoms with E-state index in [1.165, 1.54) is 0 Å². The minimum Gasteiger partial charge on any atom is -0.493 e. The number of carbonyl (C=O) groups excluding carboxylic acids is 1. The van der Waals surface area contributed by atoms with Crippen molar-refractivity contribution < 1.29 is 19.4 Å². The maximum atomic E-state index is 12.9. The van der Waals surface area contributed by atoms with Crippen LogP contribution in [0.4, 0.5) is 0 Å². The zero-order valence-corrected chi connectivity index (χ0v) is 14.3. The van der Waals surface area contributed by atoms with E-state index in [0.29, 0.717) is 23.6 Å². The second kappa shape index (κ2) is 8.02. The SMILES string of the molecule is COc1ccc(C(=O)N2CCCC(n3cccn3)C2)cc1OCCO. The molecule has 1 aromatic heterocycles. The summed E-state index contributed by atoms with van der Waals surface area (Å²) in [4.78, 5) is 14.7. The van der Waals surface area contributed by atoms with E-state index in [1.54, 1.807) is 31.5 Å². The highest BCUT2D eigenvalue weighted by Crippen LogP contribution is 2.29. The van der Waals surface area contributed by atoms with Gasteiger partial charge in [-0.05, 0) is 37.1 Å². The summed E-state index contributed by atoms with van der Waals surface area (Å²) in [6.45, 7) is 1.42. The molecular weight excluding hydrogens is 322 g/mol. The van der Waals surface area contributed by atoms with Crippen LogP contribution in [-0.4, -0.2) is 59.1 Å². The fraction of sp³-hybridized carbons (Fsp3) is 0.444. The molecule has 1 amide bonds. The summed E-state index contributed by atoms with van der Waals surface area (Å²) in [5.74, 6) is 0.967. The van der Waals surface area contributed by atoms with Gasteiger partial charge in [-0.3, -0.25) is 9.48 Å². The first-order valence-electron chi connectivity index (χ1n) is 8.43. The second-order valence-corrected chi connectivity index (χ2v) is 5.97. The van der Waals surface area contributed by atoms with Crippen molar-refractivity contribution in [1.82, 2.24) is 14.7 Å². The lowest BCUT2D eigenvalue weighted by molar-refractivity contribution is 0.0672. The summed E-state index contributed by atoms with van der Waals surface area (Å²) in [6.07, 6.45) is 5.65. The highest BCUT2D eigenvalue weighted by molar-refractivity contribution is 5.95. The molecule has 1 fully saturated rings. The smallest absolute Gasteiger partial charge is 0.254 e. The number of rotatable bonds is 6. The molecule has 1 aliphatic rings. The predicted octanol–water partition coefficient (Wildman–Crippen LogP) is 1.74. The molecule has 1 aliphatic heterocycles. The molecular formula is C18H23N3O4. The van der Waals surface area contributed by atoms with Gasteiger partial charge in [-0.1, -0.05) is 0 Å². The Labute approximate surface area is 146 Å². The Kier molecular flexibility index (Phi) is 5.55. The number of carbonyl (C=O) groups is 1. The lowest BCUT2D eigenvalue weighted by Gasteiger charge is -2.33. The van der Waals surface area contributed by atoms with E-state index >= 15 is 0 Å². The molecule has 1 atom stereocenters. The molecule has 1 unspecified atom stereocenters. The van der Waals surface area contributed by atoms with E-state index < -0.39 is 0 Å². The first-order chi connectivity index (χ1) is 12.2. The largest absolute Gasteiger partial charge is 0.493 e. The van der Waals surface area contributed by atoms with Crippen LogP contribution in [0, 0.1) is 0 Å². The molecule has 7 heteroatoms. The quantitative estimate of drug-likeness (QED) is 0.863. The van der Waals surface area contributed by atoms with E-state index in [2.05, 4.69) is 5.10 Å². The first kappa shape index (κ1) is 17.3. The fourth-order valence-corrected chi connectivity index (χ4v) is 3.11. The van der Waals surface area contributed by atoms with Crippen molar-refractivity contribution in [2.24, 2.45) is 0 Å². The van der Waals surface area contributed by atoms with Crippen LogP contribution in [0.2, 0.25) is 0 Å². The average Bonchev–Trinajstić information content (AvgIpc) is 3.20. The van der Waals surface area contributed by atoms with Crippen LogP contribution in [-0.2, 0) is 0 Å². The van der Waals surface area contributed by atoms with Gasteiger partial charge >= 0.3 is 0 Å². The molecule has 1 saturated heterocycles. The van der Waals surface area contributed by atoms with Crippen LogP contribution in [0.15, 0.2) is 36.7 Å². The Morgan fingerprint density at radius 1 is 1.40 bits per heavy atom. The molecule has 0 saturated carbocycles. The Balaban J connectivity index is 1.75. The number of hydrogen-bond donors (Lipinski definition) is 1. The molecule has 0 aliphatic carbocycles. The fourth-order valence-electron chi connectivity index (χ4n) is 3.11. The van der Waals surface area contributed by atoms with Crippen LogP contribution >= 0.6 is 0 Å². The molecule has 2 aromatic rings.